The summed E-state index contributed by atoms with van der Waals surface area (Å²) in [4.78, 5) is 25.4. The number of carbonyl (C=O) groups excluding carboxylic acids is 2. The number of anilines is 1. The molecule has 1 saturated heterocycles. The van der Waals surface area contributed by atoms with Gasteiger partial charge >= 0.3 is 6.03 Å². The monoisotopic (exact) mass is 326 g/mol. The van der Waals surface area contributed by atoms with Gasteiger partial charge in [-0.3, -0.25) is 4.79 Å². The molecule has 0 aromatic heterocycles. The van der Waals surface area contributed by atoms with E-state index in [1.165, 1.54) is 0 Å². The third kappa shape index (κ3) is 5.11. The third-order valence-electron chi connectivity index (χ3n) is 3.51. The van der Waals surface area contributed by atoms with Crippen LogP contribution >= 0.6 is 12.4 Å². The maximum atomic E-state index is 12.0. The highest BCUT2D eigenvalue weighted by molar-refractivity contribution is 5.85. The highest BCUT2D eigenvalue weighted by Crippen LogP contribution is 2.10. The van der Waals surface area contributed by atoms with Crippen molar-refractivity contribution < 1.29 is 9.59 Å². The van der Waals surface area contributed by atoms with Gasteiger partial charge in [-0.1, -0.05) is 12.1 Å². The van der Waals surface area contributed by atoms with Gasteiger partial charge in [0.05, 0.1) is 6.42 Å². The van der Waals surface area contributed by atoms with Crippen LogP contribution in [0, 0.1) is 0 Å². The predicted molar refractivity (Wildman–Crippen MR) is 89.0 cm³/mol. The van der Waals surface area contributed by atoms with E-state index in [0.717, 1.165) is 12.0 Å². The summed E-state index contributed by atoms with van der Waals surface area (Å²) in [5.41, 5.74) is 7.23. The fraction of sp³-hybridized carbons (Fsp3) is 0.467. The number of likely N-dealkylation sites (tertiary alicyclic amines) is 1. The standard InChI is InChI=1S/C15H22N4O2.ClH/c1-2-17-15(21)19-8-7-13(10-19)18-14(20)9-11-3-5-12(16)6-4-11;/h3-6,13H,2,7-10,16H2,1H3,(H,17,21)(H,18,20);1H. The average Bonchev–Trinajstić information content (AvgIpc) is 2.90. The molecule has 1 aromatic rings. The van der Waals surface area contributed by atoms with Crippen molar-refractivity contribution in [1.82, 2.24) is 15.5 Å². The van der Waals surface area contributed by atoms with Crippen molar-refractivity contribution in [3.05, 3.63) is 29.8 Å². The first-order valence-electron chi connectivity index (χ1n) is 7.25. The summed E-state index contributed by atoms with van der Waals surface area (Å²) in [7, 11) is 0. The molecule has 7 heteroatoms. The molecule has 0 bridgehead atoms. The molecular weight excluding hydrogens is 304 g/mol. The van der Waals surface area contributed by atoms with Crippen molar-refractivity contribution in [2.24, 2.45) is 0 Å². The number of benzene rings is 1. The van der Waals surface area contributed by atoms with Crippen LogP contribution in [0.3, 0.4) is 0 Å². The number of hydrogen-bond donors (Lipinski definition) is 3. The number of nitrogen functional groups attached to an aromatic ring is 1. The van der Waals surface area contributed by atoms with Crippen LogP contribution < -0.4 is 16.4 Å². The molecule has 1 aliphatic rings. The van der Waals surface area contributed by atoms with E-state index in [9.17, 15) is 9.59 Å². The SMILES string of the molecule is CCNC(=O)N1CCC(NC(=O)Cc2ccc(N)cc2)C1.Cl. The number of urea groups is 1. The first-order chi connectivity index (χ1) is 10.1. The van der Waals surface area contributed by atoms with Crippen molar-refractivity contribution in [1.29, 1.82) is 0 Å². The number of nitrogens with two attached hydrogens (primary N) is 1. The molecule has 6 nitrogen and oxygen atoms in total. The van der Waals surface area contributed by atoms with Crippen LogP contribution in [0.4, 0.5) is 10.5 Å². The average molecular weight is 327 g/mol. The molecule has 1 heterocycles. The van der Waals surface area contributed by atoms with E-state index in [4.69, 9.17) is 5.73 Å². The lowest BCUT2D eigenvalue weighted by Crippen LogP contribution is -2.42. The smallest absolute Gasteiger partial charge is 0.317 e. The molecule has 0 aliphatic carbocycles. The van der Waals surface area contributed by atoms with Gasteiger partial charge in [-0.2, -0.15) is 0 Å². The van der Waals surface area contributed by atoms with Crippen molar-refractivity contribution in [3.8, 4) is 0 Å². The Morgan fingerprint density at radius 3 is 2.64 bits per heavy atom. The molecule has 0 spiro atoms. The van der Waals surface area contributed by atoms with Crippen molar-refractivity contribution in [2.75, 3.05) is 25.4 Å². The van der Waals surface area contributed by atoms with E-state index in [1.807, 2.05) is 19.1 Å². The molecule has 1 atom stereocenters. The van der Waals surface area contributed by atoms with Crippen LogP contribution in [0.2, 0.25) is 0 Å². The molecule has 1 unspecified atom stereocenters. The lowest BCUT2D eigenvalue weighted by molar-refractivity contribution is -0.121. The molecule has 122 valence electrons. The highest BCUT2D eigenvalue weighted by Gasteiger charge is 2.26. The summed E-state index contributed by atoms with van der Waals surface area (Å²) in [6, 6.07) is 7.25. The molecule has 2 rings (SSSR count). The summed E-state index contributed by atoms with van der Waals surface area (Å²) in [6.45, 7) is 3.75. The molecule has 1 aliphatic heterocycles. The zero-order chi connectivity index (χ0) is 15.2. The van der Waals surface area contributed by atoms with Gasteiger partial charge in [0.1, 0.15) is 0 Å². The van der Waals surface area contributed by atoms with Gasteiger partial charge in [-0.05, 0) is 31.0 Å². The number of amides is 3. The van der Waals surface area contributed by atoms with Crippen molar-refractivity contribution >= 4 is 30.0 Å². The number of carbonyl (C=O) groups is 2. The Bertz CT molecular complexity index is 507. The molecule has 1 fully saturated rings. The van der Waals surface area contributed by atoms with Crippen LogP contribution in [0.15, 0.2) is 24.3 Å². The van der Waals surface area contributed by atoms with E-state index in [1.54, 1.807) is 17.0 Å². The lowest BCUT2D eigenvalue weighted by Gasteiger charge is -2.17. The summed E-state index contributed by atoms with van der Waals surface area (Å²) >= 11 is 0. The van der Waals surface area contributed by atoms with Crippen LogP contribution in [0.5, 0.6) is 0 Å². The number of nitrogens with zero attached hydrogens (tertiary/aromatic N) is 1. The summed E-state index contributed by atoms with van der Waals surface area (Å²) in [5.74, 6) is -0.0254. The minimum absolute atomic E-state index is 0. The first kappa shape index (κ1) is 18.1. The molecule has 1 aromatic carbocycles. The van der Waals surface area contributed by atoms with Crippen molar-refractivity contribution in [3.63, 3.8) is 0 Å². The second-order valence-electron chi connectivity index (χ2n) is 5.25. The molecule has 0 radical (unpaired) electrons. The van der Waals surface area contributed by atoms with Crippen molar-refractivity contribution in [2.45, 2.75) is 25.8 Å². The summed E-state index contributed by atoms with van der Waals surface area (Å²) in [6.07, 6.45) is 1.13. The van der Waals surface area contributed by atoms with Gasteiger partial charge in [-0.15, -0.1) is 12.4 Å². The van der Waals surface area contributed by atoms with Crippen LogP contribution in [-0.2, 0) is 11.2 Å². The third-order valence-corrected chi connectivity index (χ3v) is 3.51. The Labute approximate surface area is 136 Å². The van der Waals surface area contributed by atoms with E-state index in [0.29, 0.717) is 31.7 Å². The van der Waals surface area contributed by atoms with E-state index in [2.05, 4.69) is 10.6 Å². The zero-order valence-electron chi connectivity index (χ0n) is 12.7. The van der Waals surface area contributed by atoms with E-state index >= 15 is 0 Å². The molecule has 4 N–H and O–H groups in total. The molecule has 0 saturated carbocycles. The van der Waals surface area contributed by atoms with Gasteiger partial charge in [0.2, 0.25) is 5.91 Å². The van der Waals surface area contributed by atoms with Gasteiger partial charge in [0.15, 0.2) is 0 Å². The lowest BCUT2D eigenvalue weighted by atomic mass is 10.1. The number of halogens is 1. The Hall–Kier alpha value is -1.95. The molecule has 22 heavy (non-hydrogen) atoms. The second-order valence-corrected chi connectivity index (χ2v) is 5.25. The Morgan fingerprint density at radius 2 is 2.00 bits per heavy atom. The Balaban J connectivity index is 0.00000242. The van der Waals surface area contributed by atoms with Crippen LogP contribution in [0.1, 0.15) is 18.9 Å². The summed E-state index contributed by atoms with van der Waals surface area (Å²) in [5, 5.41) is 5.75. The molecular formula is C15H23ClN4O2. The van der Waals surface area contributed by atoms with Gasteiger partial charge < -0.3 is 21.3 Å². The van der Waals surface area contributed by atoms with Gasteiger partial charge in [0.25, 0.3) is 0 Å². The van der Waals surface area contributed by atoms with Crippen LogP contribution in [0.25, 0.3) is 0 Å². The fourth-order valence-electron chi connectivity index (χ4n) is 2.43. The largest absolute Gasteiger partial charge is 0.399 e. The quantitative estimate of drug-likeness (QED) is 0.725. The number of hydrogen-bond acceptors (Lipinski definition) is 3. The predicted octanol–water partition coefficient (Wildman–Crippen LogP) is 1.15. The molecule has 3 amide bonds. The maximum absolute atomic E-state index is 12.0. The topological polar surface area (TPSA) is 87.5 Å². The zero-order valence-corrected chi connectivity index (χ0v) is 13.5. The van der Waals surface area contributed by atoms with Crippen LogP contribution in [-0.4, -0.2) is 42.5 Å². The minimum Gasteiger partial charge on any atom is -0.399 e. The highest BCUT2D eigenvalue weighted by atomic mass is 35.5. The Kier molecular flexibility index (Phi) is 6.98. The summed E-state index contributed by atoms with van der Waals surface area (Å²) < 4.78 is 0. The van der Waals surface area contributed by atoms with E-state index in [-0.39, 0.29) is 30.4 Å². The minimum atomic E-state index is -0.0622. The second kappa shape index (κ2) is 8.48. The van der Waals surface area contributed by atoms with E-state index < -0.39 is 0 Å². The maximum Gasteiger partial charge on any atom is 0.317 e. The number of nitrogens with one attached hydrogen (secondary N) is 2. The van der Waals surface area contributed by atoms with Gasteiger partial charge in [0, 0.05) is 31.4 Å². The number of rotatable bonds is 4. The fourth-order valence-corrected chi connectivity index (χ4v) is 2.43. The normalized spacial score (nSPS) is 16.8. The first-order valence-corrected chi connectivity index (χ1v) is 7.25. The van der Waals surface area contributed by atoms with Gasteiger partial charge in [-0.25, -0.2) is 4.79 Å². The Morgan fingerprint density at radius 1 is 1.32 bits per heavy atom.